The molecule has 1 aliphatic carbocycles. The third kappa shape index (κ3) is 3.60. The van der Waals surface area contributed by atoms with Crippen molar-refractivity contribution < 1.29 is 4.39 Å². The molecule has 0 bridgehead atoms. The smallest absolute Gasteiger partial charge is 0.128 e. The number of benzene rings is 2. The Bertz CT molecular complexity index is 841. The summed E-state index contributed by atoms with van der Waals surface area (Å²) in [6.07, 6.45) is 4.04. The summed E-state index contributed by atoms with van der Waals surface area (Å²) in [6, 6.07) is 14.9. The molecule has 2 nitrogen and oxygen atoms in total. The Morgan fingerprint density at radius 2 is 1.92 bits per heavy atom. The van der Waals surface area contributed by atoms with E-state index >= 15 is 0 Å². The molecule has 0 N–H and O–H groups in total. The number of hydrogen-bond acceptors (Lipinski definition) is 3. The molecule has 1 atom stereocenters. The Hall–Kier alpha value is -1.78. The molecule has 0 amide bonds. The maximum atomic E-state index is 14.6. The molecular formula is C20H18ClFN2S. The van der Waals surface area contributed by atoms with Gasteiger partial charge in [0.2, 0.25) is 0 Å². The van der Waals surface area contributed by atoms with Crippen molar-refractivity contribution in [3.05, 3.63) is 81.1 Å². The van der Waals surface area contributed by atoms with Crippen LogP contribution in [0.25, 0.3) is 0 Å². The Kier molecular flexibility index (Phi) is 4.82. The van der Waals surface area contributed by atoms with Crippen LogP contribution in [0.15, 0.2) is 48.5 Å². The van der Waals surface area contributed by atoms with Crippen molar-refractivity contribution in [2.45, 2.75) is 37.5 Å². The second-order valence-corrected chi connectivity index (χ2v) is 7.74. The van der Waals surface area contributed by atoms with Crippen molar-refractivity contribution in [1.82, 2.24) is 9.59 Å². The fourth-order valence-electron chi connectivity index (χ4n) is 3.34. The molecule has 3 aromatic rings. The molecule has 0 spiro atoms. The Labute approximate surface area is 155 Å². The van der Waals surface area contributed by atoms with Crippen molar-refractivity contribution >= 4 is 23.1 Å². The molecule has 128 valence electrons. The normalized spacial score (nSPS) is 15.3. The summed E-state index contributed by atoms with van der Waals surface area (Å²) in [4.78, 5) is 1.23. The number of hydrogen-bond donors (Lipinski definition) is 0. The largest absolute Gasteiger partial charge is 0.207 e. The highest BCUT2D eigenvalue weighted by atomic mass is 35.5. The molecule has 0 radical (unpaired) electrons. The van der Waals surface area contributed by atoms with E-state index in [1.165, 1.54) is 35.3 Å². The number of halogens is 2. The first-order valence-electron chi connectivity index (χ1n) is 8.54. The van der Waals surface area contributed by atoms with Gasteiger partial charge in [-0.25, -0.2) is 4.39 Å². The van der Waals surface area contributed by atoms with Crippen LogP contribution >= 0.6 is 23.1 Å². The minimum absolute atomic E-state index is 0.0796. The number of rotatable bonds is 6. The van der Waals surface area contributed by atoms with Crippen LogP contribution in [-0.4, -0.2) is 9.59 Å². The van der Waals surface area contributed by atoms with Gasteiger partial charge in [0.15, 0.2) is 0 Å². The van der Waals surface area contributed by atoms with Crippen LogP contribution < -0.4 is 0 Å². The van der Waals surface area contributed by atoms with Crippen molar-refractivity contribution in [2.24, 2.45) is 0 Å². The van der Waals surface area contributed by atoms with Crippen LogP contribution in [0, 0.1) is 5.82 Å². The van der Waals surface area contributed by atoms with Gasteiger partial charge < -0.3 is 0 Å². The predicted octanol–water partition coefficient (Wildman–Crippen LogP) is 5.97. The predicted molar refractivity (Wildman–Crippen MR) is 99.9 cm³/mol. The molecular weight excluding hydrogens is 355 g/mol. The second kappa shape index (κ2) is 7.22. The minimum atomic E-state index is -0.244. The number of nitrogens with zero attached hydrogens (tertiary/aromatic N) is 2. The van der Waals surface area contributed by atoms with Gasteiger partial charge in [0.25, 0.3) is 0 Å². The fourth-order valence-corrected chi connectivity index (χ4v) is 4.37. The van der Waals surface area contributed by atoms with Crippen molar-refractivity contribution in [2.75, 3.05) is 0 Å². The molecule has 1 saturated carbocycles. The van der Waals surface area contributed by atoms with E-state index in [1.54, 1.807) is 12.1 Å². The first-order valence-corrected chi connectivity index (χ1v) is 9.69. The number of aromatic nitrogens is 2. The maximum Gasteiger partial charge on any atom is 0.128 e. The molecule has 4 rings (SSSR count). The van der Waals surface area contributed by atoms with Gasteiger partial charge in [-0.3, -0.25) is 0 Å². The SMILES string of the molecule is Fc1cccc(Cl)c1C(CCc1snnc1C1CC1)c1ccccc1. The molecule has 1 fully saturated rings. The van der Waals surface area contributed by atoms with E-state index in [1.807, 2.05) is 30.3 Å². The van der Waals surface area contributed by atoms with E-state index in [0.29, 0.717) is 16.5 Å². The van der Waals surface area contributed by atoms with Gasteiger partial charge in [0.05, 0.1) is 5.69 Å². The second-order valence-electron chi connectivity index (χ2n) is 6.49. The third-order valence-electron chi connectivity index (χ3n) is 4.76. The highest BCUT2D eigenvalue weighted by Crippen LogP contribution is 2.42. The molecule has 1 unspecified atom stereocenters. The summed E-state index contributed by atoms with van der Waals surface area (Å²) in [5, 5.41) is 4.79. The molecule has 25 heavy (non-hydrogen) atoms. The van der Waals surface area contributed by atoms with Crippen LogP contribution in [0.1, 0.15) is 52.8 Å². The topological polar surface area (TPSA) is 25.8 Å². The van der Waals surface area contributed by atoms with Gasteiger partial charge >= 0.3 is 0 Å². The molecule has 0 saturated heterocycles. The van der Waals surface area contributed by atoms with Crippen molar-refractivity contribution in [3.8, 4) is 0 Å². The fraction of sp³-hybridized carbons (Fsp3) is 0.300. The molecule has 0 aliphatic heterocycles. The maximum absolute atomic E-state index is 14.6. The summed E-state index contributed by atoms with van der Waals surface area (Å²) >= 11 is 7.84. The summed E-state index contributed by atoms with van der Waals surface area (Å²) < 4.78 is 18.7. The van der Waals surface area contributed by atoms with Crippen LogP contribution in [-0.2, 0) is 6.42 Å². The summed E-state index contributed by atoms with van der Waals surface area (Å²) in [5.41, 5.74) is 2.82. The Morgan fingerprint density at radius 1 is 1.12 bits per heavy atom. The third-order valence-corrected chi connectivity index (χ3v) is 5.89. The van der Waals surface area contributed by atoms with Gasteiger partial charge in [-0.15, -0.1) is 5.10 Å². The lowest BCUT2D eigenvalue weighted by atomic mass is 9.86. The van der Waals surface area contributed by atoms with Crippen molar-refractivity contribution in [3.63, 3.8) is 0 Å². The molecule has 1 heterocycles. The zero-order valence-corrected chi connectivity index (χ0v) is 15.2. The zero-order valence-electron chi connectivity index (χ0n) is 13.7. The van der Waals surface area contributed by atoms with E-state index in [0.717, 1.165) is 24.1 Å². The lowest BCUT2D eigenvalue weighted by molar-refractivity contribution is 0.585. The van der Waals surface area contributed by atoms with E-state index in [2.05, 4.69) is 9.59 Å². The van der Waals surface area contributed by atoms with Gasteiger partial charge in [-0.05, 0) is 54.9 Å². The lowest BCUT2D eigenvalue weighted by Gasteiger charge is -2.20. The first kappa shape index (κ1) is 16.7. The quantitative estimate of drug-likeness (QED) is 0.532. The standard InChI is InChI=1S/C20H18ClFN2S/c21-16-7-4-8-17(22)19(16)15(13-5-2-1-3-6-13)11-12-18-20(14-9-10-14)23-24-25-18/h1-8,14-15H,9-12H2. The zero-order chi connectivity index (χ0) is 17.2. The summed E-state index contributed by atoms with van der Waals surface area (Å²) in [5.74, 6) is 0.260. The summed E-state index contributed by atoms with van der Waals surface area (Å²) in [7, 11) is 0. The Morgan fingerprint density at radius 3 is 2.64 bits per heavy atom. The van der Waals surface area contributed by atoms with Crippen LogP contribution in [0.4, 0.5) is 4.39 Å². The molecule has 1 aliphatic rings. The first-order chi connectivity index (χ1) is 12.2. The van der Waals surface area contributed by atoms with E-state index in [4.69, 9.17) is 11.6 Å². The average molecular weight is 373 g/mol. The highest BCUT2D eigenvalue weighted by Gasteiger charge is 2.30. The molecule has 1 aromatic heterocycles. The highest BCUT2D eigenvalue weighted by molar-refractivity contribution is 7.05. The van der Waals surface area contributed by atoms with Crippen LogP contribution in [0.2, 0.25) is 5.02 Å². The monoisotopic (exact) mass is 372 g/mol. The van der Waals surface area contributed by atoms with E-state index < -0.39 is 0 Å². The average Bonchev–Trinajstić information content (AvgIpc) is 3.36. The number of aryl methyl sites for hydroxylation is 1. The van der Waals surface area contributed by atoms with Gasteiger partial charge in [-0.2, -0.15) is 0 Å². The van der Waals surface area contributed by atoms with Gasteiger partial charge in [-0.1, -0.05) is 52.5 Å². The lowest BCUT2D eigenvalue weighted by Crippen LogP contribution is -2.06. The minimum Gasteiger partial charge on any atom is -0.207 e. The van der Waals surface area contributed by atoms with Gasteiger partial charge in [0, 0.05) is 27.3 Å². The molecule has 5 heteroatoms. The van der Waals surface area contributed by atoms with Crippen LogP contribution in [0.5, 0.6) is 0 Å². The van der Waals surface area contributed by atoms with Crippen molar-refractivity contribution in [1.29, 1.82) is 0 Å². The summed E-state index contributed by atoms with van der Waals surface area (Å²) in [6.45, 7) is 0. The van der Waals surface area contributed by atoms with Gasteiger partial charge in [0.1, 0.15) is 5.82 Å². The van der Waals surface area contributed by atoms with Crippen LogP contribution in [0.3, 0.4) is 0 Å². The molecule has 2 aromatic carbocycles. The van der Waals surface area contributed by atoms with E-state index in [9.17, 15) is 4.39 Å². The Balaban J connectivity index is 1.65. The van der Waals surface area contributed by atoms with E-state index in [-0.39, 0.29) is 11.7 Å².